The summed E-state index contributed by atoms with van der Waals surface area (Å²) in [5.41, 5.74) is 0. The quantitative estimate of drug-likeness (QED) is 0.522. The summed E-state index contributed by atoms with van der Waals surface area (Å²) >= 11 is 1.62. The van der Waals surface area contributed by atoms with Gasteiger partial charge in [0.05, 0.1) is 0 Å². The topological polar surface area (TPSA) is 20.3 Å². The second kappa shape index (κ2) is 7.11. The molecule has 0 N–H and O–H groups in total. The lowest BCUT2D eigenvalue weighted by atomic mass is 10.2. The van der Waals surface area contributed by atoms with Gasteiger partial charge in [0, 0.05) is 6.42 Å². The molecule has 0 heterocycles. The third kappa shape index (κ3) is 10.1. The molecule has 0 aromatic carbocycles. The first-order valence-electron chi connectivity index (χ1n) is 6.45. The molecule has 0 radical (unpaired) electrons. The lowest BCUT2D eigenvalue weighted by Crippen LogP contribution is -2.43. The molecular weight excluding hydrogens is 262 g/mol. The molecule has 17 heavy (non-hydrogen) atoms. The highest BCUT2D eigenvalue weighted by molar-refractivity contribution is 8.39. The summed E-state index contributed by atoms with van der Waals surface area (Å²) in [7, 11) is -0.181. The molecule has 0 aliphatic carbocycles. The number of hydrogen-bond donors (Lipinski definition) is 0. The molecular formula is C12H29NOSSi2. The Bertz CT molecular complexity index is 246. The average Bonchev–Trinajstić information content (AvgIpc) is 2.07. The molecule has 0 aliphatic heterocycles. The monoisotopic (exact) mass is 291 g/mol. The van der Waals surface area contributed by atoms with E-state index in [-0.39, 0.29) is 0 Å². The number of rotatable bonds is 7. The summed E-state index contributed by atoms with van der Waals surface area (Å²) in [4.78, 5) is 11.7. The van der Waals surface area contributed by atoms with Crippen molar-refractivity contribution in [1.29, 1.82) is 0 Å². The van der Waals surface area contributed by atoms with Crippen LogP contribution in [0.25, 0.3) is 0 Å². The van der Waals surface area contributed by atoms with Crippen molar-refractivity contribution in [2.75, 3.05) is 13.6 Å². The van der Waals surface area contributed by atoms with Gasteiger partial charge in [0.1, 0.15) is 15.5 Å². The van der Waals surface area contributed by atoms with Crippen LogP contribution in [0.5, 0.6) is 0 Å². The maximum absolute atomic E-state index is 11.7. The van der Waals surface area contributed by atoms with Crippen molar-refractivity contribution in [1.82, 2.24) is 4.57 Å². The van der Waals surface area contributed by atoms with Crippen LogP contribution in [0, 0.1) is 0 Å². The minimum Gasteiger partial charge on any atom is -0.327 e. The molecule has 0 spiro atoms. The molecule has 0 bridgehead atoms. The van der Waals surface area contributed by atoms with Crippen LogP contribution in [0.2, 0.25) is 39.3 Å². The Morgan fingerprint density at radius 1 is 1.06 bits per heavy atom. The number of carbonyl (C=O) groups excluding carboxylic acids is 1. The van der Waals surface area contributed by atoms with Crippen molar-refractivity contribution in [2.45, 2.75) is 58.5 Å². The molecule has 0 fully saturated rings. The highest BCUT2D eigenvalue weighted by Crippen LogP contribution is 2.22. The van der Waals surface area contributed by atoms with E-state index in [4.69, 9.17) is 0 Å². The number of nitrogens with zero attached hydrogens (tertiary/aromatic N) is 1. The summed E-state index contributed by atoms with van der Waals surface area (Å²) in [6.07, 6.45) is 2.96. The molecule has 0 unspecified atom stereocenters. The second-order valence-corrected chi connectivity index (χ2v) is 20.9. The summed E-state index contributed by atoms with van der Waals surface area (Å²) in [5, 5.41) is 0.403. The van der Waals surface area contributed by atoms with Gasteiger partial charge in [-0.1, -0.05) is 39.3 Å². The van der Waals surface area contributed by atoms with Crippen molar-refractivity contribution in [2.24, 2.45) is 0 Å². The zero-order valence-corrected chi connectivity index (χ0v) is 15.4. The third-order valence-corrected chi connectivity index (χ3v) is 8.77. The molecule has 5 heteroatoms. The summed E-state index contributed by atoms with van der Waals surface area (Å²) in [6.45, 7) is 14.9. The molecule has 0 aliphatic rings. The van der Waals surface area contributed by atoms with Crippen molar-refractivity contribution in [3.63, 3.8) is 0 Å². The minimum absolute atomic E-state index is 0.403. The van der Waals surface area contributed by atoms with Crippen LogP contribution in [-0.2, 0) is 4.79 Å². The molecule has 0 aromatic rings. The fourth-order valence-electron chi connectivity index (χ4n) is 1.35. The lowest BCUT2D eigenvalue weighted by Gasteiger charge is -2.29. The molecule has 102 valence electrons. The maximum atomic E-state index is 11.7. The van der Waals surface area contributed by atoms with E-state index in [9.17, 15) is 4.79 Å². The summed E-state index contributed by atoms with van der Waals surface area (Å²) < 4.78 is 2.49. The standard InChI is InChI=1S/C12H29NOSSi2/c1-13(16(2,3)4)11-9-8-10-12(14)15-17(5,6)7/h8-11H2,1-7H3. The highest BCUT2D eigenvalue weighted by Gasteiger charge is 2.20. The highest BCUT2D eigenvalue weighted by atomic mass is 32.4. The van der Waals surface area contributed by atoms with E-state index in [0.29, 0.717) is 5.12 Å². The Labute approximate surface area is 113 Å². The number of carbonyl (C=O) groups is 1. The molecule has 0 aromatic heterocycles. The molecule has 0 amide bonds. The van der Waals surface area contributed by atoms with E-state index in [1.807, 2.05) is 0 Å². The van der Waals surface area contributed by atoms with E-state index in [1.165, 1.54) is 0 Å². The Balaban J connectivity index is 3.69. The summed E-state index contributed by atoms with van der Waals surface area (Å²) in [5.74, 6) is 0. The fourth-order valence-corrected chi connectivity index (χ4v) is 5.46. The molecule has 2 nitrogen and oxygen atoms in total. The maximum Gasteiger partial charge on any atom is 0.183 e. The van der Waals surface area contributed by atoms with E-state index >= 15 is 0 Å². The van der Waals surface area contributed by atoms with Crippen molar-refractivity contribution in [3.05, 3.63) is 0 Å². The average molecular weight is 292 g/mol. The van der Waals surface area contributed by atoms with Gasteiger partial charge in [0.25, 0.3) is 0 Å². The minimum atomic E-state index is -1.27. The van der Waals surface area contributed by atoms with E-state index in [1.54, 1.807) is 11.2 Å². The Kier molecular flexibility index (Phi) is 7.29. The van der Waals surface area contributed by atoms with Crippen molar-refractivity contribution in [3.8, 4) is 0 Å². The van der Waals surface area contributed by atoms with Gasteiger partial charge in [-0.3, -0.25) is 4.79 Å². The Morgan fingerprint density at radius 2 is 1.59 bits per heavy atom. The lowest BCUT2D eigenvalue weighted by molar-refractivity contribution is -0.111. The Hall–Kier alpha value is 0.414. The SMILES string of the molecule is CN(CCCCC(=O)S[Si](C)(C)C)[Si](C)(C)C. The first-order chi connectivity index (χ1) is 7.52. The molecule has 0 atom stereocenters. The zero-order chi connectivity index (χ0) is 13.7. The predicted octanol–water partition coefficient (Wildman–Crippen LogP) is 4.02. The van der Waals surface area contributed by atoms with Crippen LogP contribution in [0.15, 0.2) is 0 Å². The van der Waals surface area contributed by atoms with E-state index < -0.39 is 15.5 Å². The van der Waals surface area contributed by atoms with E-state index in [2.05, 4.69) is 50.9 Å². The molecule has 0 saturated carbocycles. The summed E-state index contributed by atoms with van der Waals surface area (Å²) in [6, 6.07) is 0. The van der Waals surface area contributed by atoms with Gasteiger partial charge in [0.15, 0.2) is 5.12 Å². The smallest absolute Gasteiger partial charge is 0.183 e. The van der Waals surface area contributed by atoms with Crippen LogP contribution >= 0.6 is 11.2 Å². The van der Waals surface area contributed by atoms with Crippen LogP contribution in [0.3, 0.4) is 0 Å². The van der Waals surface area contributed by atoms with Gasteiger partial charge in [0.2, 0.25) is 0 Å². The molecule has 0 saturated heterocycles. The fraction of sp³-hybridized carbons (Fsp3) is 0.917. The predicted molar refractivity (Wildman–Crippen MR) is 85.8 cm³/mol. The van der Waals surface area contributed by atoms with Crippen LogP contribution in [0.4, 0.5) is 0 Å². The number of unbranched alkanes of at least 4 members (excludes halogenated alkanes) is 1. The largest absolute Gasteiger partial charge is 0.327 e. The van der Waals surface area contributed by atoms with Crippen LogP contribution in [0.1, 0.15) is 19.3 Å². The van der Waals surface area contributed by atoms with E-state index in [0.717, 1.165) is 25.8 Å². The van der Waals surface area contributed by atoms with Gasteiger partial charge in [-0.25, -0.2) is 0 Å². The molecule has 0 rings (SSSR count). The van der Waals surface area contributed by atoms with Gasteiger partial charge in [-0.15, -0.1) is 11.2 Å². The van der Waals surface area contributed by atoms with Gasteiger partial charge < -0.3 is 4.57 Å². The van der Waals surface area contributed by atoms with Gasteiger partial charge in [-0.2, -0.15) is 0 Å². The first kappa shape index (κ1) is 17.4. The normalized spacial score (nSPS) is 13.2. The van der Waals surface area contributed by atoms with Gasteiger partial charge in [-0.05, 0) is 26.4 Å². The van der Waals surface area contributed by atoms with Crippen molar-refractivity contribution >= 4 is 31.8 Å². The first-order valence-corrected chi connectivity index (χ1v) is 14.9. The number of hydrogen-bond acceptors (Lipinski definition) is 3. The van der Waals surface area contributed by atoms with Crippen LogP contribution < -0.4 is 0 Å². The Morgan fingerprint density at radius 3 is 2.00 bits per heavy atom. The third-order valence-electron chi connectivity index (χ3n) is 2.69. The second-order valence-electron chi connectivity index (χ2n) is 6.64. The van der Waals surface area contributed by atoms with Crippen molar-refractivity contribution < 1.29 is 4.79 Å². The zero-order valence-electron chi connectivity index (χ0n) is 12.6. The van der Waals surface area contributed by atoms with Gasteiger partial charge >= 0.3 is 0 Å². The van der Waals surface area contributed by atoms with Crippen LogP contribution in [-0.4, -0.2) is 38.7 Å².